The number of nitrogens with two attached hydrogens (primary N) is 2. The highest BCUT2D eigenvalue weighted by atomic mass is 14.5. The first-order valence-corrected chi connectivity index (χ1v) is 13.0. The molecule has 0 aliphatic heterocycles. The van der Waals surface area contributed by atoms with Crippen LogP contribution >= 0.6 is 0 Å². The Morgan fingerprint density at radius 3 is 1.03 bits per heavy atom. The SMILES string of the molecule is CCCC(c1ccc(N)cc1)c1ccc(Cc2ccc(C(CCC)c3ccc(N)cc3)cc2)cc1. The maximum Gasteiger partial charge on any atom is 0.0314 e. The zero-order valence-corrected chi connectivity index (χ0v) is 21.1. The fraction of sp³-hybridized carbons (Fsp3) is 0.273. The number of benzene rings is 4. The summed E-state index contributed by atoms with van der Waals surface area (Å²) in [6, 6.07) is 35.1. The topological polar surface area (TPSA) is 52.0 Å². The van der Waals surface area contributed by atoms with Gasteiger partial charge in [0.2, 0.25) is 0 Å². The molecule has 0 heterocycles. The van der Waals surface area contributed by atoms with Gasteiger partial charge in [-0.1, -0.05) is 99.5 Å². The molecular weight excluding hydrogens is 424 g/mol. The molecule has 0 aliphatic carbocycles. The zero-order valence-electron chi connectivity index (χ0n) is 21.1. The van der Waals surface area contributed by atoms with E-state index in [-0.39, 0.29) is 0 Å². The van der Waals surface area contributed by atoms with Crippen LogP contribution in [0.25, 0.3) is 0 Å². The fourth-order valence-electron chi connectivity index (χ4n) is 5.06. The Balaban J connectivity index is 1.47. The average molecular weight is 463 g/mol. The predicted molar refractivity (Wildman–Crippen MR) is 151 cm³/mol. The minimum Gasteiger partial charge on any atom is -0.399 e. The van der Waals surface area contributed by atoms with E-state index in [0.717, 1.165) is 43.5 Å². The molecule has 2 atom stereocenters. The molecule has 4 rings (SSSR count). The summed E-state index contributed by atoms with van der Waals surface area (Å²) in [7, 11) is 0. The molecule has 0 radical (unpaired) electrons. The highest BCUT2D eigenvalue weighted by molar-refractivity contribution is 5.45. The van der Waals surface area contributed by atoms with Gasteiger partial charge in [-0.3, -0.25) is 0 Å². The molecule has 4 aromatic rings. The van der Waals surface area contributed by atoms with Gasteiger partial charge in [0.25, 0.3) is 0 Å². The van der Waals surface area contributed by atoms with Crippen molar-refractivity contribution in [1.82, 2.24) is 0 Å². The molecule has 0 saturated heterocycles. The Morgan fingerprint density at radius 1 is 0.457 bits per heavy atom. The molecule has 2 unspecified atom stereocenters. The van der Waals surface area contributed by atoms with Crippen LogP contribution in [0.2, 0.25) is 0 Å². The molecule has 0 saturated carbocycles. The molecule has 0 fully saturated rings. The van der Waals surface area contributed by atoms with Gasteiger partial charge in [0.15, 0.2) is 0 Å². The van der Waals surface area contributed by atoms with Crippen molar-refractivity contribution in [3.63, 3.8) is 0 Å². The van der Waals surface area contributed by atoms with E-state index >= 15 is 0 Å². The van der Waals surface area contributed by atoms with Crippen molar-refractivity contribution in [3.8, 4) is 0 Å². The summed E-state index contributed by atoms with van der Waals surface area (Å²) in [6.45, 7) is 4.50. The van der Waals surface area contributed by atoms with Crippen LogP contribution in [0.3, 0.4) is 0 Å². The van der Waals surface area contributed by atoms with Gasteiger partial charge in [-0.05, 0) is 76.9 Å². The van der Waals surface area contributed by atoms with Crippen LogP contribution in [0.15, 0.2) is 97.1 Å². The molecule has 2 nitrogen and oxygen atoms in total. The minimum absolute atomic E-state index is 0.415. The van der Waals surface area contributed by atoms with Crippen LogP contribution in [-0.2, 0) is 6.42 Å². The molecular formula is C33H38N2. The number of anilines is 2. The van der Waals surface area contributed by atoms with Gasteiger partial charge in [-0.25, -0.2) is 0 Å². The predicted octanol–water partition coefficient (Wildman–Crippen LogP) is 8.31. The largest absolute Gasteiger partial charge is 0.399 e. The van der Waals surface area contributed by atoms with E-state index in [1.807, 2.05) is 24.3 Å². The standard InChI is InChI=1S/C33H38N2/c1-3-5-32(28-15-19-30(34)20-16-28)26-11-7-24(8-12-26)23-25-9-13-27(14-10-25)33(6-4-2)29-17-21-31(35)22-18-29/h7-22,32-33H,3-6,23,34-35H2,1-2H3. The second-order valence-electron chi connectivity index (χ2n) is 9.68. The van der Waals surface area contributed by atoms with Crippen LogP contribution in [0.1, 0.15) is 84.7 Å². The second-order valence-corrected chi connectivity index (χ2v) is 9.68. The molecule has 4 N–H and O–H groups in total. The maximum atomic E-state index is 5.90. The van der Waals surface area contributed by atoms with Crippen molar-refractivity contribution >= 4 is 11.4 Å². The van der Waals surface area contributed by atoms with Crippen LogP contribution in [0.4, 0.5) is 11.4 Å². The Kier molecular flexibility index (Phi) is 8.26. The van der Waals surface area contributed by atoms with E-state index in [1.165, 1.54) is 33.4 Å². The molecule has 0 bridgehead atoms. The molecule has 35 heavy (non-hydrogen) atoms. The summed E-state index contributed by atoms with van der Waals surface area (Å²) in [6.07, 6.45) is 5.52. The Bertz CT molecular complexity index is 1080. The van der Waals surface area contributed by atoms with E-state index < -0.39 is 0 Å². The van der Waals surface area contributed by atoms with E-state index in [9.17, 15) is 0 Å². The lowest BCUT2D eigenvalue weighted by Gasteiger charge is -2.19. The van der Waals surface area contributed by atoms with Gasteiger partial charge in [-0.2, -0.15) is 0 Å². The number of nitrogen functional groups attached to an aromatic ring is 2. The summed E-state index contributed by atoms with van der Waals surface area (Å²) in [4.78, 5) is 0. The van der Waals surface area contributed by atoms with Crippen LogP contribution in [-0.4, -0.2) is 0 Å². The first kappa shape index (κ1) is 24.6. The summed E-state index contributed by atoms with van der Waals surface area (Å²) in [5, 5.41) is 0. The van der Waals surface area contributed by atoms with Crippen molar-refractivity contribution in [2.45, 2.75) is 57.8 Å². The third-order valence-electron chi connectivity index (χ3n) is 7.00. The molecule has 0 aromatic heterocycles. The molecule has 180 valence electrons. The minimum atomic E-state index is 0.415. The highest BCUT2D eigenvalue weighted by Gasteiger charge is 2.15. The third-order valence-corrected chi connectivity index (χ3v) is 7.00. The van der Waals surface area contributed by atoms with Gasteiger partial charge in [0.05, 0.1) is 0 Å². The normalized spacial score (nSPS) is 12.9. The summed E-state index contributed by atoms with van der Waals surface area (Å²) < 4.78 is 0. The van der Waals surface area contributed by atoms with Crippen molar-refractivity contribution in [2.75, 3.05) is 11.5 Å². The first-order valence-electron chi connectivity index (χ1n) is 13.0. The average Bonchev–Trinajstić information content (AvgIpc) is 2.88. The summed E-state index contributed by atoms with van der Waals surface area (Å²) in [5.74, 6) is 0.829. The summed E-state index contributed by atoms with van der Waals surface area (Å²) in [5.41, 5.74) is 21.6. The van der Waals surface area contributed by atoms with Crippen LogP contribution in [0.5, 0.6) is 0 Å². The lowest BCUT2D eigenvalue weighted by atomic mass is 9.86. The van der Waals surface area contributed by atoms with Crippen LogP contribution in [0, 0.1) is 0 Å². The number of hydrogen-bond donors (Lipinski definition) is 2. The lowest BCUT2D eigenvalue weighted by molar-refractivity contribution is 0.698. The van der Waals surface area contributed by atoms with Crippen molar-refractivity contribution in [2.24, 2.45) is 0 Å². The number of hydrogen-bond acceptors (Lipinski definition) is 2. The Labute approximate surface area is 211 Å². The Hall–Kier alpha value is -3.52. The fourth-order valence-corrected chi connectivity index (χ4v) is 5.06. The molecule has 0 aliphatic rings. The third kappa shape index (κ3) is 6.33. The zero-order chi connectivity index (χ0) is 24.6. The van der Waals surface area contributed by atoms with E-state index in [2.05, 4.69) is 86.6 Å². The second kappa shape index (κ2) is 11.8. The van der Waals surface area contributed by atoms with Crippen LogP contribution < -0.4 is 11.5 Å². The summed E-state index contributed by atoms with van der Waals surface area (Å²) >= 11 is 0. The Morgan fingerprint density at radius 2 is 0.743 bits per heavy atom. The van der Waals surface area contributed by atoms with Gasteiger partial charge in [0.1, 0.15) is 0 Å². The molecule has 0 amide bonds. The monoisotopic (exact) mass is 462 g/mol. The lowest BCUT2D eigenvalue weighted by Crippen LogP contribution is -2.02. The first-order chi connectivity index (χ1) is 17.1. The highest BCUT2D eigenvalue weighted by Crippen LogP contribution is 2.32. The number of rotatable bonds is 10. The molecule has 4 aromatic carbocycles. The van der Waals surface area contributed by atoms with Crippen molar-refractivity contribution < 1.29 is 0 Å². The van der Waals surface area contributed by atoms with E-state index in [0.29, 0.717) is 11.8 Å². The van der Waals surface area contributed by atoms with Crippen molar-refractivity contribution in [3.05, 3.63) is 130 Å². The van der Waals surface area contributed by atoms with Crippen molar-refractivity contribution in [1.29, 1.82) is 0 Å². The van der Waals surface area contributed by atoms with E-state index in [4.69, 9.17) is 11.5 Å². The smallest absolute Gasteiger partial charge is 0.0314 e. The van der Waals surface area contributed by atoms with Gasteiger partial charge in [-0.15, -0.1) is 0 Å². The van der Waals surface area contributed by atoms with Gasteiger partial charge in [0, 0.05) is 23.2 Å². The molecule has 0 spiro atoms. The van der Waals surface area contributed by atoms with Gasteiger partial charge >= 0.3 is 0 Å². The molecule has 2 heteroatoms. The maximum absolute atomic E-state index is 5.90. The van der Waals surface area contributed by atoms with E-state index in [1.54, 1.807) is 0 Å². The quantitative estimate of drug-likeness (QED) is 0.233. The van der Waals surface area contributed by atoms with Gasteiger partial charge < -0.3 is 11.5 Å².